The number of halogens is 1. The van der Waals surface area contributed by atoms with Gasteiger partial charge in [0.15, 0.2) is 0 Å². The zero-order valence-electron chi connectivity index (χ0n) is 16.6. The molecule has 0 aliphatic carbocycles. The van der Waals surface area contributed by atoms with E-state index in [-0.39, 0.29) is 36.2 Å². The second-order valence-electron chi connectivity index (χ2n) is 7.68. The van der Waals surface area contributed by atoms with Gasteiger partial charge in [-0.3, -0.25) is 9.59 Å². The number of carbonyl (C=O) groups excluding carboxylic acids is 2. The van der Waals surface area contributed by atoms with Gasteiger partial charge in [-0.25, -0.2) is 0 Å². The molecule has 7 heteroatoms. The summed E-state index contributed by atoms with van der Waals surface area (Å²) < 4.78 is 5.62. The van der Waals surface area contributed by atoms with E-state index in [4.69, 9.17) is 4.74 Å². The van der Waals surface area contributed by atoms with Gasteiger partial charge in [0.25, 0.3) is 0 Å². The zero-order chi connectivity index (χ0) is 19.1. The van der Waals surface area contributed by atoms with E-state index >= 15 is 0 Å². The number of nitrogens with zero attached hydrogens (tertiary/aromatic N) is 1. The van der Waals surface area contributed by atoms with Crippen LogP contribution in [0.3, 0.4) is 0 Å². The van der Waals surface area contributed by atoms with E-state index in [2.05, 4.69) is 17.6 Å². The summed E-state index contributed by atoms with van der Waals surface area (Å²) in [6.45, 7) is 5.65. The summed E-state index contributed by atoms with van der Waals surface area (Å²) in [5.41, 5.74) is 0. The van der Waals surface area contributed by atoms with E-state index in [1.807, 2.05) is 35.2 Å². The number of para-hydroxylation sites is 1. The first-order chi connectivity index (χ1) is 13.1. The molecule has 0 aromatic heterocycles. The molecule has 6 nitrogen and oxygen atoms in total. The molecular formula is C21H32ClN3O3. The molecule has 2 fully saturated rings. The molecule has 2 saturated heterocycles. The Morgan fingerprint density at radius 1 is 1.25 bits per heavy atom. The van der Waals surface area contributed by atoms with E-state index in [1.54, 1.807) is 0 Å². The van der Waals surface area contributed by atoms with Crippen molar-refractivity contribution in [3.05, 3.63) is 30.3 Å². The summed E-state index contributed by atoms with van der Waals surface area (Å²) in [6, 6.07) is 9.71. The molecule has 0 saturated carbocycles. The molecule has 3 atom stereocenters. The fourth-order valence-electron chi connectivity index (χ4n) is 3.83. The number of carbonyl (C=O) groups is 2. The van der Waals surface area contributed by atoms with Gasteiger partial charge in [-0.15, -0.1) is 12.4 Å². The third kappa shape index (κ3) is 6.38. The third-order valence-electron chi connectivity index (χ3n) is 5.63. The standard InChI is InChI=1S/C21H31N3O3.ClH/c1-16-9-11-22-14-19(16)23-21(26)17-6-5-12-24(15-17)20(25)10-13-27-18-7-3-2-4-8-18;/h2-4,7-8,16-17,19,22H,5-6,9-15H2,1H3,(H,23,26);1H. The lowest BCUT2D eigenvalue weighted by Gasteiger charge is -2.35. The third-order valence-corrected chi connectivity index (χ3v) is 5.63. The molecule has 28 heavy (non-hydrogen) atoms. The van der Waals surface area contributed by atoms with Crippen LogP contribution in [0.15, 0.2) is 30.3 Å². The molecule has 0 radical (unpaired) electrons. The van der Waals surface area contributed by atoms with Gasteiger partial charge in [0.2, 0.25) is 11.8 Å². The van der Waals surface area contributed by atoms with Crippen molar-refractivity contribution >= 4 is 24.2 Å². The maximum absolute atomic E-state index is 12.7. The molecule has 2 aliphatic heterocycles. The summed E-state index contributed by atoms with van der Waals surface area (Å²) in [4.78, 5) is 27.0. The lowest BCUT2D eigenvalue weighted by Crippen LogP contribution is -2.53. The number of amides is 2. The first-order valence-electron chi connectivity index (χ1n) is 10.1. The van der Waals surface area contributed by atoms with Gasteiger partial charge in [-0.1, -0.05) is 25.1 Å². The van der Waals surface area contributed by atoms with Crippen molar-refractivity contribution in [1.82, 2.24) is 15.5 Å². The topological polar surface area (TPSA) is 70.7 Å². The molecule has 0 spiro atoms. The highest BCUT2D eigenvalue weighted by Crippen LogP contribution is 2.19. The molecule has 2 aliphatic rings. The van der Waals surface area contributed by atoms with Crippen LogP contribution < -0.4 is 15.4 Å². The normalized spacial score (nSPS) is 24.8. The summed E-state index contributed by atoms with van der Waals surface area (Å²) in [5.74, 6) is 1.32. The monoisotopic (exact) mass is 409 g/mol. The minimum absolute atomic E-state index is 0. The van der Waals surface area contributed by atoms with Crippen LogP contribution in [0, 0.1) is 11.8 Å². The Balaban J connectivity index is 0.00000280. The van der Waals surface area contributed by atoms with Gasteiger partial charge in [0.05, 0.1) is 18.9 Å². The van der Waals surface area contributed by atoms with Gasteiger partial charge >= 0.3 is 0 Å². The van der Waals surface area contributed by atoms with Crippen LogP contribution in [0.4, 0.5) is 0 Å². The van der Waals surface area contributed by atoms with E-state index in [0.29, 0.717) is 25.5 Å². The largest absolute Gasteiger partial charge is 0.493 e. The van der Waals surface area contributed by atoms with E-state index in [1.165, 1.54) is 0 Å². The van der Waals surface area contributed by atoms with Crippen molar-refractivity contribution in [3.63, 3.8) is 0 Å². The first-order valence-corrected chi connectivity index (χ1v) is 10.1. The maximum Gasteiger partial charge on any atom is 0.226 e. The highest BCUT2D eigenvalue weighted by Gasteiger charge is 2.31. The summed E-state index contributed by atoms with van der Waals surface area (Å²) >= 11 is 0. The van der Waals surface area contributed by atoms with Crippen LogP contribution in [0.1, 0.15) is 32.6 Å². The summed E-state index contributed by atoms with van der Waals surface area (Å²) in [7, 11) is 0. The molecule has 2 heterocycles. The Kier molecular flexibility index (Phi) is 9.06. The van der Waals surface area contributed by atoms with Crippen molar-refractivity contribution in [2.45, 2.75) is 38.6 Å². The Morgan fingerprint density at radius 3 is 2.79 bits per heavy atom. The Morgan fingerprint density at radius 2 is 2.04 bits per heavy atom. The number of piperidine rings is 2. The number of hydrogen-bond donors (Lipinski definition) is 2. The van der Waals surface area contributed by atoms with Crippen LogP contribution in [0.25, 0.3) is 0 Å². The van der Waals surface area contributed by atoms with Gasteiger partial charge < -0.3 is 20.3 Å². The van der Waals surface area contributed by atoms with Gasteiger partial charge in [-0.05, 0) is 43.9 Å². The van der Waals surface area contributed by atoms with Crippen LogP contribution in [-0.4, -0.2) is 55.5 Å². The predicted molar refractivity (Wildman–Crippen MR) is 112 cm³/mol. The molecule has 3 rings (SSSR count). The smallest absolute Gasteiger partial charge is 0.226 e. The van der Waals surface area contributed by atoms with Crippen LogP contribution in [0.5, 0.6) is 5.75 Å². The van der Waals surface area contributed by atoms with Gasteiger partial charge in [0.1, 0.15) is 5.75 Å². The van der Waals surface area contributed by atoms with Crippen LogP contribution in [0.2, 0.25) is 0 Å². The van der Waals surface area contributed by atoms with Crippen molar-refractivity contribution in [1.29, 1.82) is 0 Å². The van der Waals surface area contributed by atoms with E-state index in [9.17, 15) is 9.59 Å². The molecule has 2 N–H and O–H groups in total. The molecule has 2 amide bonds. The van der Waals surface area contributed by atoms with Gasteiger partial charge in [0, 0.05) is 25.7 Å². The van der Waals surface area contributed by atoms with Crippen LogP contribution in [-0.2, 0) is 9.59 Å². The molecule has 3 unspecified atom stereocenters. The number of ether oxygens (including phenoxy) is 1. The fraction of sp³-hybridized carbons (Fsp3) is 0.619. The van der Waals surface area contributed by atoms with E-state index in [0.717, 1.165) is 44.6 Å². The quantitative estimate of drug-likeness (QED) is 0.755. The SMILES string of the molecule is CC1CCNCC1NC(=O)C1CCCN(C(=O)CCOc2ccccc2)C1.Cl. The van der Waals surface area contributed by atoms with Crippen molar-refractivity contribution < 1.29 is 14.3 Å². The average Bonchev–Trinajstić information content (AvgIpc) is 2.70. The minimum Gasteiger partial charge on any atom is -0.493 e. The number of likely N-dealkylation sites (tertiary alicyclic amines) is 1. The van der Waals surface area contributed by atoms with Crippen molar-refractivity contribution in [2.24, 2.45) is 11.8 Å². The van der Waals surface area contributed by atoms with Crippen LogP contribution >= 0.6 is 12.4 Å². The molecule has 156 valence electrons. The Bertz CT molecular complexity index is 629. The molecule has 1 aromatic rings. The maximum atomic E-state index is 12.7. The predicted octanol–water partition coefficient (Wildman–Crippen LogP) is 2.23. The molecular weight excluding hydrogens is 378 g/mol. The second kappa shape index (κ2) is 11.3. The van der Waals surface area contributed by atoms with E-state index < -0.39 is 0 Å². The highest BCUT2D eigenvalue weighted by atomic mass is 35.5. The number of hydrogen-bond acceptors (Lipinski definition) is 4. The molecule has 1 aromatic carbocycles. The van der Waals surface area contributed by atoms with Crippen molar-refractivity contribution in [2.75, 3.05) is 32.8 Å². The lowest BCUT2D eigenvalue weighted by molar-refractivity contribution is -0.136. The number of nitrogens with one attached hydrogen (secondary N) is 2. The lowest BCUT2D eigenvalue weighted by atomic mass is 9.92. The second-order valence-corrected chi connectivity index (χ2v) is 7.68. The Hall–Kier alpha value is -1.79. The Labute approximate surface area is 173 Å². The average molecular weight is 410 g/mol. The fourth-order valence-corrected chi connectivity index (χ4v) is 3.83. The zero-order valence-corrected chi connectivity index (χ0v) is 17.4. The summed E-state index contributed by atoms with van der Waals surface area (Å²) in [5, 5.41) is 6.54. The highest BCUT2D eigenvalue weighted by molar-refractivity contribution is 5.85. The number of benzene rings is 1. The summed E-state index contributed by atoms with van der Waals surface area (Å²) in [6.07, 6.45) is 3.15. The van der Waals surface area contributed by atoms with Crippen molar-refractivity contribution in [3.8, 4) is 5.75 Å². The molecule has 0 bridgehead atoms. The first kappa shape index (κ1) is 22.5. The minimum atomic E-state index is -0.105. The number of rotatable bonds is 6. The van der Waals surface area contributed by atoms with Gasteiger partial charge in [-0.2, -0.15) is 0 Å².